The van der Waals surface area contributed by atoms with Crippen LogP contribution in [0.1, 0.15) is 34.3 Å². The van der Waals surface area contributed by atoms with Gasteiger partial charge >= 0.3 is 5.97 Å². The summed E-state index contributed by atoms with van der Waals surface area (Å²) in [5.74, 6) is 0.308. The fourth-order valence-electron chi connectivity index (χ4n) is 3.86. The maximum absolute atomic E-state index is 13.4. The zero-order chi connectivity index (χ0) is 24.2. The van der Waals surface area contributed by atoms with Gasteiger partial charge in [0.05, 0.1) is 34.2 Å². The van der Waals surface area contributed by atoms with Crippen LogP contribution in [0, 0.1) is 35.3 Å². The third-order valence-corrected chi connectivity index (χ3v) is 5.41. The lowest BCUT2D eigenvalue weighted by Gasteiger charge is -2.14. The topological polar surface area (TPSA) is 115 Å². The Hall–Kier alpha value is -4.51. The number of rotatable bonds is 7. The first-order chi connectivity index (χ1) is 16.4. The smallest absolute Gasteiger partial charge is 0.344 e. The predicted octanol–water partition coefficient (Wildman–Crippen LogP) is 5.81. The molecule has 0 spiro atoms. The van der Waals surface area contributed by atoms with Gasteiger partial charge in [0, 0.05) is 35.4 Å². The normalized spacial score (nSPS) is 10.7. The molecule has 34 heavy (non-hydrogen) atoms. The zero-order valence-corrected chi connectivity index (χ0v) is 18.7. The van der Waals surface area contributed by atoms with Crippen LogP contribution in [0.25, 0.3) is 21.8 Å². The van der Waals surface area contributed by atoms with Crippen LogP contribution in [0.15, 0.2) is 54.6 Å². The van der Waals surface area contributed by atoms with Crippen molar-refractivity contribution >= 4 is 33.5 Å². The summed E-state index contributed by atoms with van der Waals surface area (Å²) in [5.41, 5.74) is 2.48. The number of nitrogens with zero attached hydrogens (tertiary/aromatic N) is 3. The molecule has 0 bridgehead atoms. The molecule has 8 heteroatoms. The summed E-state index contributed by atoms with van der Waals surface area (Å²) in [6, 6.07) is 17.4. The number of para-hydroxylation sites is 1. The molecule has 0 aliphatic rings. The Labute approximate surface area is 195 Å². The van der Waals surface area contributed by atoms with Crippen molar-refractivity contribution in [2.45, 2.75) is 26.7 Å². The van der Waals surface area contributed by atoms with Crippen molar-refractivity contribution in [3.63, 3.8) is 0 Å². The average Bonchev–Trinajstić information content (AvgIpc) is 2.82. The van der Waals surface area contributed by atoms with Gasteiger partial charge < -0.3 is 9.47 Å². The molecule has 0 fully saturated rings. The van der Waals surface area contributed by atoms with E-state index in [1.807, 2.05) is 18.2 Å². The van der Waals surface area contributed by atoms with E-state index in [0.717, 1.165) is 0 Å². The molecule has 8 nitrogen and oxygen atoms in total. The van der Waals surface area contributed by atoms with E-state index in [2.05, 4.69) is 11.1 Å². The molecule has 1 aromatic heterocycles. The van der Waals surface area contributed by atoms with Crippen LogP contribution in [0.2, 0.25) is 0 Å². The van der Waals surface area contributed by atoms with Crippen molar-refractivity contribution in [1.29, 1.82) is 5.26 Å². The number of aromatic nitrogens is 1. The van der Waals surface area contributed by atoms with Crippen molar-refractivity contribution < 1.29 is 19.2 Å². The highest BCUT2D eigenvalue weighted by molar-refractivity contribution is 6.15. The monoisotopic (exact) mass is 455 g/mol. The summed E-state index contributed by atoms with van der Waals surface area (Å²) in [7, 11) is 0. The van der Waals surface area contributed by atoms with Crippen LogP contribution in [0.3, 0.4) is 0 Å². The fourth-order valence-corrected chi connectivity index (χ4v) is 3.86. The first-order valence-electron chi connectivity index (χ1n) is 10.7. The maximum Gasteiger partial charge on any atom is 0.344 e. The van der Waals surface area contributed by atoms with Crippen LogP contribution in [0.5, 0.6) is 11.5 Å². The molecule has 170 valence electrons. The number of carbonyl (C=O) groups excluding carboxylic acids is 1. The quantitative estimate of drug-likeness (QED) is 0.0861. The maximum atomic E-state index is 13.4. The average molecular weight is 455 g/mol. The van der Waals surface area contributed by atoms with E-state index in [-0.39, 0.29) is 5.69 Å². The number of hydrogen-bond acceptors (Lipinski definition) is 7. The highest BCUT2D eigenvalue weighted by Gasteiger charge is 2.21. The van der Waals surface area contributed by atoms with Gasteiger partial charge in [-0.15, -0.1) is 0 Å². The number of benzene rings is 3. The van der Waals surface area contributed by atoms with Gasteiger partial charge in [-0.05, 0) is 49.6 Å². The van der Waals surface area contributed by atoms with Crippen molar-refractivity contribution in [3.8, 4) is 17.6 Å². The number of nitriles is 1. The van der Waals surface area contributed by atoms with Gasteiger partial charge in [-0.2, -0.15) is 5.26 Å². The first kappa shape index (κ1) is 22.7. The van der Waals surface area contributed by atoms with Crippen LogP contribution in [-0.2, 0) is 0 Å². The van der Waals surface area contributed by atoms with Crippen LogP contribution >= 0.6 is 0 Å². The van der Waals surface area contributed by atoms with Gasteiger partial charge in [-0.3, -0.25) is 10.1 Å². The number of ether oxygens (including phenoxy) is 2. The Morgan fingerprint density at radius 3 is 2.47 bits per heavy atom. The second-order valence-corrected chi connectivity index (χ2v) is 7.85. The predicted molar refractivity (Wildman–Crippen MR) is 127 cm³/mol. The second kappa shape index (κ2) is 9.55. The van der Waals surface area contributed by atoms with Gasteiger partial charge in [-0.25, -0.2) is 9.78 Å². The number of aryl methyl sites for hydroxylation is 2. The third-order valence-electron chi connectivity index (χ3n) is 5.41. The van der Waals surface area contributed by atoms with Crippen molar-refractivity contribution in [2.24, 2.45) is 0 Å². The van der Waals surface area contributed by atoms with Crippen molar-refractivity contribution in [3.05, 3.63) is 81.4 Å². The number of esters is 1. The Morgan fingerprint density at radius 1 is 1.06 bits per heavy atom. The number of nitro groups is 1. The molecule has 0 saturated carbocycles. The molecule has 1 heterocycles. The van der Waals surface area contributed by atoms with Crippen molar-refractivity contribution in [2.75, 3.05) is 6.61 Å². The molecule has 3 aromatic carbocycles. The molecule has 4 rings (SSSR count). The van der Waals surface area contributed by atoms with E-state index in [4.69, 9.17) is 14.7 Å². The molecule has 0 unspecified atom stereocenters. The number of unbranched alkanes of at least 4 members (excludes halogenated alkanes) is 1. The lowest BCUT2D eigenvalue weighted by Crippen LogP contribution is -2.12. The minimum Gasteiger partial charge on any atom is -0.493 e. The molecule has 0 aliphatic heterocycles. The second-order valence-electron chi connectivity index (χ2n) is 7.85. The molecule has 0 radical (unpaired) electrons. The molecule has 0 N–H and O–H groups in total. The highest BCUT2D eigenvalue weighted by Crippen LogP contribution is 2.32. The standard InChI is InChI=1S/C26H21N3O5/c1-16-13-18(29(31)32)14-17(2)25(16)34-26(30)24-20-7-3-4-8-22(20)28-23-15-19(9-10-21(23)24)33-12-6-5-11-27/h3-4,7-10,13-15H,5-6,12H2,1-2H3. The number of nitro benzene ring substituents is 1. The minimum absolute atomic E-state index is 0.0584. The van der Waals surface area contributed by atoms with Gasteiger partial charge in [0.15, 0.2) is 0 Å². The minimum atomic E-state index is -0.577. The Balaban J connectivity index is 1.77. The van der Waals surface area contributed by atoms with Crippen molar-refractivity contribution in [1.82, 2.24) is 4.98 Å². The summed E-state index contributed by atoms with van der Waals surface area (Å²) in [5, 5.41) is 21.1. The Kier molecular flexibility index (Phi) is 6.37. The van der Waals surface area contributed by atoms with Gasteiger partial charge in [0.2, 0.25) is 0 Å². The zero-order valence-electron chi connectivity index (χ0n) is 18.7. The Bertz CT molecular complexity index is 1450. The number of non-ortho nitro benzene ring substituents is 1. The molecule has 4 aromatic rings. The lowest BCUT2D eigenvalue weighted by atomic mass is 10.0. The highest BCUT2D eigenvalue weighted by atomic mass is 16.6. The number of hydrogen-bond donors (Lipinski definition) is 0. The Morgan fingerprint density at radius 2 is 1.76 bits per heavy atom. The van der Waals surface area contributed by atoms with E-state index in [1.54, 1.807) is 38.1 Å². The van der Waals surface area contributed by atoms with Gasteiger partial charge in [-0.1, -0.05) is 18.2 Å². The summed E-state index contributed by atoms with van der Waals surface area (Å²) >= 11 is 0. The largest absolute Gasteiger partial charge is 0.493 e. The van der Waals surface area contributed by atoms with Gasteiger partial charge in [0.25, 0.3) is 5.69 Å². The number of carbonyl (C=O) groups is 1. The van der Waals surface area contributed by atoms with Crippen LogP contribution in [0.4, 0.5) is 5.69 Å². The van der Waals surface area contributed by atoms with E-state index in [0.29, 0.717) is 69.4 Å². The summed E-state index contributed by atoms with van der Waals surface area (Å²) in [6.45, 7) is 3.74. The summed E-state index contributed by atoms with van der Waals surface area (Å²) < 4.78 is 11.5. The first-order valence-corrected chi connectivity index (χ1v) is 10.7. The molecular weight excluding hydrogens is 434 g/mol. The van der Waals surface area contributed by atoms with E-state index in [1.165, 1.54) is 12.1 Å². The SMILES string of the molecule is Cc1cc([N+](=O)[O-])cc(C)c1OC(=O)c1c2ccccc2nc2cc(OCCCC#N)ccc12. The van der Waals surface area contributed by atoms with Gasteiger partial charge in [0.1, 0.15) is 11.5 Å². The fraction of sp³-hybridized carbons (Fsp3) is 0.192. The number of pyridine rings is 1. The molecule has 0 saturated heterocycles. The number of fused-ring (bicyclic) bond motifs is 2. The summed E-state index contributed by atoms with van der Waals surface area (Å²) in [4.78, 5) is 28.8. The third kappa shape index (κ3) is 4.50. The van der Waals surface area contributed by atoms with Crippen LogP contribution in [-0.4, -0.2) is 22.5 Å². The summed E-state index contributed by atoms with van der Waals surface area (Å²) in [6.07, 6.45) is 1.03. The van der Waals surface area contributed by atoms with E-state index in [9.17, 15) is 14.9 Å². The molecular formula is C26H21N3O5. The molecule has 0 amide bonds. The van der Waals surface area contributed by atoms with E-state index < -0.39 is 10.9 Å². The van der Waals surface area contributed by atoms with Crippen LogP contribution < -0.4 is 9.47 Å². The van der Waals surface area contributed by atoms with E-state index >= 15 is 0 Å². The molecule has 0 aliphatic carbocycles. The molecule has 0 atom stereocenters. The lowest BCUT2D eigenvalue weighted by molar-refractivity contribution is -0.385.